The predicted molar refractivity (Wildman–Crippen MR) is 66.1 cm³/mol. The summed E-state index contributed by atoms with van der Waals surface area (Å²) in [5, 5.41) is 0. The molecule has 0 aromatic heterocycles. The van der Waals surface area contributed by atoms with Gasteiger partial charge in [0.15, 0.2) is 0 Å². The topological polar surface area (TPSA) is 61.5 Å². The molecule has 0 bridgehead atoms. The highest BCUT2D eigenvalue weighted by atomic mass is 32.2. The van der Waals surface area contributed by atoms with Crippen LogP contribution in [0.25, 0.3) is 0 Å². The fourth-order valence-corrected chi connectivity index (χ4v) is 1.41. The lowest BCUT2D eigenvalue weighted by Crippen LogP contribution is -2.08. The van der Waals surface area contributed by atoms with Crippen LogP contribution in [0.1, 0.15) is 10.4 Å². The molecule has 0 saturated heterocycles. The van der Waals surface area contributed by atoms with Gasteiger partial charge < -0.3 is 15.2 Å². The number of thioether (sulfide) groups is 1. The second-order valence-electron chi connectivity index (χ2n) is 3.09. The lowest BCUT2D eigenvalue weighted by Gasteiger charge is -2.07. The van der Waals surface area contributed by atoms with E-state index in [2.05, 4.69) is 0 Å². The van der Waals surface area contributed by atoms with E-state index in [9.17, 15) is 4.79 Å². The Morgan fingerprint density at radius 2 is 2.25 bits per heavy atom. The monoisotopic (exact) mass is 241 g/mol. The molecule has 0 heterocycles. The Bertz CT molecular complexity index is 368. The van der Waals surface area contributed by atoms with Gasteiger partial charge in [-0.2, -0.15) is 11.8 Å². The molecule has 5 heteroatoms. The number of nitrogens with two attached hydrogens (primary N) is 1. The van der Waals surface area contributed by atoms with E-state index >= 15 is 0 Å². The maximum absolute atomic E-state index is 11.5. The first-order chi connectivity index (χ1) is 7.69. The van der Waals surface area contributed by atoms with Gasteiger partial charge in [0.1, 0.15) is 12.4 Å². The minimum atomic E-state index is -0.358. The van der Waals surface area contributed by atoms with E-state index in [0.29, 0.717) is 23.6 Å². The van der Waals surface area contributed by atoms with Crippen LogP contribution < -0.4 is 10.5 Å². The van der Waals surface area contributed by atoms with Gasteiger partial charge in [-0.15, -0.1) is 0 Å². The van der Waals surface area contributed by atoms with Crippen molar-refractivity contribution in [2.45, 2.75) is 0 Å². The molecule has 2 N–H and O–H groups in total. The summed E-state index contributed by atoms with van der Waals surface area (Å²) < 4.78 is 10.0. The van der Waals surface area contributed by atoms with Crippen LogP contribution in [0.3, 0.4) is 0 Å². The van der Waals surface area contributed by atoms with Gasteiger partial charge in [0.2, 0.25) is 0 Å². The first kappa shape index (κ1) is 12.7. The lowest BCUT2D eigenvalue weighted by molar-refractivity contribution is 0.0530. The normalized spacial score (nSPS) is 9.88. The molecule has 0 aliphatic heterocycles. The third kappa shape index (κ3) is 3.34. The van der Waals surface area contributed by atoms with E-state index < -0.39 is 0 Å². The molecule has 1 aromatic carbocycles. The predicted octanol–water partition coefficient (Wildman–Crippen LogP) is 1.80. The quantitative estimate of drug-likeness (QED) is 0.484. The Morgan fingerprint density at radius 1 is 1.50 bits per heavy atom. The SMILES string of the molecule is COc1ccc(C(=O)OCCSC)cc1N. The molecule has 0 unspecified atom stereocenters. The van der Waals surface area contributed by atoms with Crippen LogP contribution in [0.4, 0.5) is 5.69 Å². The van der Waals surface area contributed by atoms with Crippen LogP contribution in [-0.2, 0) is 4.74 Å². The highest BCUT2D eigenvalue weighted by Crippen LogP contribution is 2.22. The minimum absolute atomic E-state index is 0.358. The summed E-state index contributed by atoms with van der Waals surface area (Å²) in [6.07, 6.45) is 1.96. The molecule has 1 rings (SSSR count). The maximum Gasteiger partial charge on any atom is 0.338 e. The van der Waals surface area contributed by atoms with Crippen LogP contribution >= 0.6 is 11.8 Å². The minimum Gasteiger partial charge on any atom is -0.495 e. The Hall–Kier alpha value is -1.36. The third-order valence-corrected chi connectivity index (χ3v) is 2.56. The maximum atomic E-state index is 11.5. The first-order valence-electron chi connectivity index (χ1n) is 4.78. The molecule has 0 spiro atoms. The fraction of sp³-hybridized carbons (Fsp3) is 0.364. The van der Waals surface area contributed by atoms with Crippen molar-refractivity contribution in [3.8, 4) is 5.75 Å². The zero-order chi connectivity index (χ0) is 12.0. The second kappa shape index (κ2) is 6.27. The van der Waals surface area contributed by atoms with Gasteiger partial charge in [-0.25, -0.2) is 4.79 Å². The van der Waals surface area contributed by atoms with E-state index in [4.69, 9.17) is 15.2 Å². The highest BCUT2D eigenvalue weighted by molar-refractivity contribution is 7.98. The van der Waals surface area contributed by atoms with Crippen molar-refractivity contribution in [2.75, 3.05) is 31.5 Å². The number of nitrogen functional groups attached to an aromatic ring is 1. The number of anilines is 1. The van der Waals surface area contributed by atoms with Crippen molar-refractivity contribution in [1.82, 2.24) is 0 Å². The van der Waals surface area contributed by atoms with E-state index in [1.165, 1.54) is 7.11 Å². The van der Waals surface area contributed by atoms with Crippen LogP contribution in [0, 0.1) is 0 Å². The molecule has 16 heavy (non-hydrogen) atoms. The van der Waals surface area contributed by atoms with Gasteiger partial charge in [0, 0.05) is 5.75 Å². The van der Waals surface area contributed by atoms with Crippen LogP contribution in [-0.4, -0.2) is 31.7 Å². The van der Waals surface area contributed by atoms with E-state index in [1.807, 2.05) is 6.26 Å². The van der Waals surface area contributed by atoms with Crippen LogP contribution in [0.15, 0.2) is 18.2 Å². The number of carbonyl (C=O) groups is 1. The highest BCUT2D eigenvalue weighted by Gasteiger charge is 2.09. The molecule has 0 amide bonds. The molecule has 4 nitrogen and oxygen atoms in total. The number of hydrogen-bond acceptors (Lipinski definition) is 5. The van der Waals surface area contributed by atoms with Crippen molar-refractivity contribution in [2.24, 2.45) is 0 Å². The summed E-state index contributed by atoms with van der Waals surface area (Å²) in [5.74, 6) is 0.987. The first-order valence-corrected chi connectivity index (χ1v) is 6.18. The van der Waals surface area contributed by atoms with Crippen molar-refractivity contribution in [3.63, 3.8) is 0 Å². The number of ether oxygens (including phenoxy) is 2. The standard InChI is InChI=1S/C11H15NO3S/c1-14-10-4-3-8(7-9(10)12)11(13)15-5-6-16-2/h3-4,7H,5-6,12H2,1-2H3. The summed E-state index contributed by atoms with van der Waals surface area (Å²) in [6, 6.07) is 4.84. The van der Waals surface area contributed by atoms with Crippen molar-refractivity contribution < 1.29 is 14.3 Å². The van der Waals surface area contributed by atoms with Crippen molar-refractivity contribution in [3.05, 3.63) is 23.8 Å². The van der Waals surface area contributed by atoms with Gasteiger partial charge in [-0.3, -0.25) is 0 Å². The van der Waals surface area contributed by atoms with Gasteiger partial charge in [0.05, 0.1) is 18.4 Å². The Morgan fingerprint density at radius 3 is 2.81 bits per heavy atom. The number of carbonyl (C=O) groups excluding carboxylic acids is 1. The molecule has 1 aromatic rings. The summed E-state index contributed by atoms with van der Waals surface area (Å²) in [4.78, 5) is 11.5. The average molecular weight is 241 g/mol. The van der Waals surface area contributed by atoms with E-state index in [1.54, 1.807) is 30.0 Å². The Labute approximate surface area is 99.1 Å². The summed E-state index contributed by atoms with van der Waals surface area (Å²) >= 11 is 1.63. The molecular weight excluding hydrogens is 226 g/mol. The van der Waals surface area contributed by atoms with Crippen LogP contribution in [0.2, 0.25) is 0 Å². The van der Waals surface area contributed by atoms with E-state index in [0.717, 1.165) is 5.75 Å². The molecule has 0 atom stereocenters. The number of benzene rings is 1. The Balaban J connectivity index is 2.66. The molecule has 0 aliphatic carbocycles. The summed E-state index contributed by atoms with van der Waals surface area (Å²) in [5.41, 5.74) is 6.56. The van der Waals surface area contributed by atoms with Gasteiger partial charge >= 0.3 is 5.97 Å². The number of hydrogen-bond donors (Lipinski definition) is 1. The van der Waals surface area contributed by atoms with Crippen LogP contribution in [0.5, 0.6) is 5.75 Å². The fourth-order valence-electron chi connectivity index (χ4n) is 1.16. The van der Waals surface area contributed by atoms with Crippen molar-refractivity contribution in [1.29, 1.82) is 0 Å². The molecule has 0 fully saturated rings. The number of esters is 1. The van der Waals surface area contributed by atoms with E-state index in [-0.39, 0.29) is 5.97 Å². The number of methoxy groups -OCH3 is 1. The lowest BCUT2D eigenvalue weighted by atomic mass is 10.2. The largest absolute Gasteiger partial charge is 0.495 e. The average Bonchev–Trinajstić information content (AvgIpc) is 2.29. The summed E-state index contributed by atoms with van der Waals surface area (Å²) in [6.45, 7) is 0.409. The third-order valence-electron chi connectivity index (χ3n) is 1.99. The number of rotatable bonds is 5. The zero-order valence-corrected chi connectivity index (χ0v) is 10.2. The molecule has 0 aliphatic rings. The molecule has 0 radical (unpaired) electrons. The van der Waals surface area contributed by atoms with Gasteiger partial charge in [0.25, 0.3) is 0 Å². The zero-order valence-electron chi connectivity index (χ0n) is 9.36. The van der Waals surface area contributed by atoms with Crippen molar-refractivity contribution >= 4 is 23.4 Å². The summed E-state index contributed by atoms with van der Waals surface area (Å²) in [7, 11) is 1.53. The second-order valence-corrected chi connectivity index (χ2v) is 4.07. The molecule has 0 saturated carbocycles. The molecular formula is C11H15NO3S. The smallest absolute Gasteiger partial charge is 0.338 e. The van der Waals surface area contributed by atoms with Gasteiger partial charge in [-0.1, -0.05) is 0 Å². The Kier molecular flexibility index (Phi) is 4.98. The van der Waals surface area contributed by atoms with Gasteiger partial charge in [-0.05, 0) is 24.5 Å². The molecule has 88 valence electrons.